The lowest BCUT2D eigenvalue weighted by Crippen LogP contribution is -2.14. The average Bonchev–Trinajstić information content (AvgIpc) is 3.39. The molecule has 0 aliphatic heterocycles. The van der Waals surface area contributed by atoms with Gasteiger partial charge in [-0.1, -0.05) is 28.1 Å². The molecule has 2 heterocycles. The van der Waals surface area contributed by atoms with Crippen molar-refractivity contribution in [1.82, 2.24) is 25.6 Å². The van der Waals surface area contributed by atoms with Gasteiger partial charge in [-0.05, 0) is 35.5 Å². The van der Waals surface area contributed by atoms with Crippen LogP contribution in [-0.4, -0.2) is 44.1 Å². The fourth-order valence-electron chi connectivity index (χ4n) is 2.84. The predicted molar refractivity (Wildman–Crippen MR) is 108 cm³/mol. The van der Waals surface area contributed by atoms with Crippen LogP contribution in [0.5, 0.6) is 0 Å². The van der Waals surface area contributed by atoms with Gasteiger partial charge >= 0.3 is 0 Å². The SMILES string of the molecule is O=C(CF)Nc1cccc2cc(C(=O)Nc3ccc(Br)cc3-c3nn[nH]n3)[nH]c12. The van der Waals surface area contributed by atoms with Gasteiger partial charge in [0, 0.05) is 15.4 Å². The molecule has 2 amide bonds. The monoisotopic (exact) mass is 457 g/mol. The second kappa shape index (κ2) is 7.80. The van der Waals surface area contributed by atoms with Gasteiger partial charge in [-0.2, -0.15) is 5.21 Å². The van der Waals surface area contributed by atoms with Gasteiger partial charge < -0.3 is 15.6 Å². The lowest BCUT2D eigenvalue weighted by Gasteiger charge is -2.08. The molecule has 0 aliphatic rings. The molecule has 4 aromatic rings. The van der Waals surface area contributed by atoms with Crippen LogP contribution in [0.2, 0.25) is 0 Å². The Kier molecular flexibility index (Phi) is 5.04. The maximum Gasteiger partial charge on any atom is 0.272 e. The van der Waals surface area contributed by atoms with Gasteiger partial charge in [-0.15, -0.1) is 10.2 Å². The standard InChI is InChI=1S/C18H13BrFN7O2/c19-10-4-5-12(11(7-10)17-24-26-27-25-17)23-18(29)14-6-9-2-1-3-13(16(9)22-14)21-15(28)8-20/h1-7,22H,8H2,(H,21,28)(H,23,29)(H,24,25,26,27). The third-order valence-electron chi connectivity index (χ3n) is 4.11. The van der Waals surface area contributed by atoms with Crippen molar-refractivity contribution in [3.8, 4) is 11.4 Å². The largest absolute Gasteiger partial charge is 0.349 e. The van der Waals surface area contributed by atoms with Crippen LogP contribution in [-0.2, 0) is 4.79 Å². The van der Waals surface area contributed by atoms with E-state index in [1.54, 1.807) is 42.5 Å². The van der Waals surface area contributed by atoms with Crippen molar-refractivity contribution in [2.24, 2.45) is 0 Å². The number of aromatic nitrogens is 5. The number of para-hydroxylation sites is 1. The fourth-order valence-corrected chi connectivity index (χ4v) is 3.20. The number of aromatic amines is 2. The molecular formula is C18H13BrFN7O2. The van der Waals surface area contributed by atoms with Gasteiger partial charge in [0.15, 0.2) is 6.67 Å². The first-order chi connectivity index (χ1) is 14.0. The number of rotatable bonds is 5. The van der Waals surface area contributed by atoms with E-state index in [4.69, 9.17) is 0 Å². The van der Waals surface area contributed by atoms with Crippen molar-refractivity contribution in [2.45, 2.75) is 0 Å². The van der Waals surface area contributed by atoms with Crippen LogP contribution in [0.15, 0.2) is 46.9 Å². The van der Waals surface area contributed by atoms with E-state index < -0.39 is 18.5 Å². The molecule has 0 saturated heterocycles. The zero-order valence-electron chi connectivity index (χ0n) is 14.7. The second-order valence-corrected chi connectivity index (χ2v) is 6.93. The highest BCUT2D eigenvalue weighted by atomic mass is 79.9. The molecule has 9 nitrogen and oxygen atoms in total. The minimum absolute atomic E-state index is 0.268. The zero-order chi connectivity index (χ0) is 20.4. The van der Waals surface area contributed by atoms with Crippen LogP contribution in [0.25, 0.3) is 22.3 Å². The summed E-state index contributed by atoms with van der Waals surface area (Å²) in [4.78, 5) is 27.2. The first-order valence-corrected chi connectivity index (χ1v) is 9.16. The summed E-state index contributed by atoms with van der Waals surface area (Å²) in [7, 11) is 0. The molecule has 4 N–H and O–H groups in total. The van der Waals surface area contributed by atoms with Crippen molar-refractivity contribution in [3.05, 3.63) is 52.6 Å². The van der Waals surface area contributed by atoms with E-state index in [0.717, 1.165) is 4.47 Å². The quantitative estimate of drug-likeness (QED) is 0.365. The Balaban J connectivity index is 1.65. The summed E-state index contributed by atoms with van der Waals surface area (Å²) in [5, 5.41) is 19.8. The molecule has 0 unspecified atom stereocenters. The molecule has 4 rings (SSSR count). The number of tetrazole rings is 1. The Morgan fingerprint density at radius 2 is 1.97 bits per heavy atom. The number of carbonyl (C=O) groups excluding carboxylic acids is 2. The van der Waals surface area contributed by atoms with Crippen molar-refractivity contribution < 1.29 is 14.0 Å². The molecule has 146 valence electrons. The van der Waals surface area contributed by atoms with Gasteiger partial charge in [0.25, 0.3) is 11.8 Å². The summed E-state index contributed by atoms with van der Waals surface area (Å²) >= 11 is 3.38. The lowest BCUT2D eigenvalue weighted by atomic mass is 10.1. The summed E-state index contributed by atoms with van der Waals surface area (Å²) in [5.41, 5.74) is 2.25. The highest BCUT2D eigenvalue weighted by Gasteiger charge is 2.16. The number of nitrogens with one attached hydrogen (secondary N) is 4. The van der Waals surface area contributed by atoms with Crippen LogP contribution < -0.4 is 10.6 Å². The Morgan fingerprint density at radius 3 is 2.72 bits per heavy atom. The van der Waals surface area contributed by atoms with E-state index in [1.807, 2.05) is 0 Å². The molecule has 0 radical (unpaired) electrons. The molecule has 0 fully saturated rings. The molecule has 0 spiro atoms. The average molecular weight is 458 g/mol. The Morgan fingerprint density at radius 1 is 1.10 bits per heavy atom. The number of hydrogen-bond acceptors (Lipinski definition) is 5. The maximum atomic E-state index is 12.8. The molecular weight excluding hydrogens is 445 g/mol. The Labute approximate surface area is 171 Å². The van der Waals surface area contributed by atoms with Gasteiger partial charge in [0.1, 0.15) is 5.69 Å². The summed E-state index contributed by atoms with van der Waals surface area (Å²) < 4.78 is 13.3. The minimum atomic E-state index is -1.13. The van der Waals surface area contributed by atoms with E-state index in [1.165, 1.54) is 0 Å². The van der Waals surface area contributed by atoms with Crippen molar-refractivity contribution in [3.63, 3.8) is 0 Å². The number of anilines is 2. The number of nitrogens with zero attached hydrogens (tertiary/aromatic N) is 3. The van der Waals surface area contributed by atoms with Crippen LogP contribution >= 0.6 is 15.9 Å². The molecule has 0 saturated carbocycles. The normalized spacial score (nSPS) is 10.8. The summed E-state index contributed by atoms with van der Waals surface area (Å²) in [6.07, 6.45) is 0. The number of amides is 2. The first-order valence-electron chi connectivity index (χ1n) is 8.37. The lowest BCUT2D eigenvalue weighted by molar-refractivity contribution is -0.117. The van der Waals surface area contributed by atoms with Crippen molar-refractivity contribution in [1.29, 1.82) is 0 Å². The van der Waals surface area contributed by atoms with Gasteiger partial charge in [0.2, 0.25) is 5.82 Å². The van der Waals surface area contributed by atoms with Crippen LogP contribution in [0.4, 0.5) is 15.8 Å². The number of alkyl halides is 1. The van der Waals surface area contributed by atoms with Crippen LogP contribution in [0, 0.1) is 0 Å². The number of fused-ring (bicyclic) bond motifs is 1. The number of benzene rings is 2. The van der Waals surface area contributed by atoms with Gasteiger partial charge in [-0.25, -0.2) is 4.39 Å². The van der Waals surface area contributed by atoms with Crippen LogP contribution in [0.1, 0.15) is 10.5 Å². The van der Waals surface area contributed by atoms with Gasteiger partial charge in [0.05, 0.1) is 16.9 Å². The van der Waals surface area contributed by atoms with E-state index in [2.05, 4.69) is 52.2 Å². The Bertz CT molecular complexity index is 1210. The molecule has 2 aromatic carbocycles. The van der Waals surface area contributed by atoms with E-state index in [-0.39, 0.29) is 5.69 Å². The Hall–Kier alpha value is -3.60. The second-order valence-electron chi connectivity index (χ2n) is 6.01. The summed E-state index contributed by atoms with van der Waals surface area (Å²) in [5.74, 6) is -0.844. The molecule has 2 aromatic heterocycles. The zero-order valence-corrected chi connectivity index (χ0v) is 16.2. The van der Waals surface area contributed by atoms with Gasteiger partial charge in [-0.3, -0.25) is 9.59 Å². The fraction of sp³-hybridized carbons (Fsp3) is 0.0556. The molecule has 0 aliphatic carbocycles. The number of halogens is 2. The predicted octanol–water partition coefficient (Wildman–Crippen LogP) is 3.27. The maximum absolute atomic E-state index is 12.8. The van der Waals surface area contributed by atoms with E-state index in [0.29, 0.717) is 33.7 Å². The molecule has 0 atom stereocenters. The van der Waals surface area contributed by atoms with Crippen molar-refractivity contribution >= 4 is 50.0 Å². The third kappa shape index (κ3) is 3.85. The summed E-state index contributed by atoms with van der Waals surface area (Å²) in [6.45, 7) is -1.13. The summed E-state index contributed by atoms with van der Waals surface area (Å²) in [6, 6.07) is 12.0. The molecule has 11 heteroatoms. The number of H-pyrrole nitrogens is 2. The highest BCUT2D eigenvalue weighted by Crippen LogP contribution is 2.29. The number of hydrogen-bond donors (Lipinski definition) is 4. The van der Waals surface area contributed by atoms with Crippen molar-refractivity contribution in [2.75, 3.05) is 17.3 Å². The molecule has 29 heavy (non-hydrogen) atoms. The van der Waals surface area contributed by atoms with E-state index >= 15 is 0 Å². The minimum Gasteiger partial charge on any atom is -0.349 e. The highest BCUT2D eigenvalue weighted by molar-refractivity contribution is 9.10. The molecule has 0 bridgehead atoms. The number of carbonyl (C=O) groups is 2. The smallest absolute Gasteiger partial charge is 0.272 e. The first kappa shape index (κ1) is 18.7. The topological polar surface area (TPSA) is 128 Å². The van der Waals surface area contributed by atoms with Crippen LogP contribution in [0.3, 0.4) is 0 Å². The van der Waals surface area contributed by atoms with E-state index in [9.17, 15) is 14.0 Å². The third-order valence-corrected chi connectivity index (χ3v) is 4.61.